The molecule has 2 aromatic heterocycles. The number of aryl methyl sites for hydroxylation is 1. The molecule has 3 heterocycles. The molecule has 0 spiro atoms. The van der Waals surface area contributed by atoms with Crippen molar-refractivity contribution in [2.24, 2.45) is 0 Å². The number of hydrogen-bond acceptors (Lipinski definition) is 6. The Balaban J connectivity index is 1.79. The molecule has 0 atom stereocenters. The van der Waals surface area contributed by atoms with E-state index in [2.05, 4.69) is 31.5 Å². The number of rotatable bonds is 2. The Hall–Kier alpha value is -2.49. The van der Waals surface area contributed by atoms with E-state index >= 15 is 0 Å². The number of nitriles is 1. The smallest absolute Gasteiger partial charge is 0.169 e. The first-order valence-electron chi connectivity index (χ1n) is 7.05. The van der Waals surface area contributed by atoms with Crippen molar-refractivity contribution < 1.29 is 0 Å². The summed E-state index contributed by atoms with van der Waals surface area (Å²) in [6.45, 7) is 5.49. The van der Waals surface area contributed by atoms with Crippen LogP contribution in [0.1, 0.15) is 35.7 Å². The van der Waals surface area contributed by atoms with E-state index in [1.807, 2.05) is 24.7 Å². The highest BCUT2D eigenvalue weighted by Crippen LogP contribution is 2.27. The third-order valence-electron chi connectivity index (χ3n) is 4.13. The van der Waals surface area contributed by atoms with Crippen molar-refractivity contribution in [3.8, 4) is 6.07 Å². The van der Waals surface area contributed by atoms with Gasteiger partial charge in [-0.15, -0.1) is 10.2 Å². The highest BCUT2D eigenvalue weighted by atomic mass is 15.4. The Morgan fingerprint density at radius 3 is 2.62 bits per heavy atom. The average Bonchev–Trinajstić information content (AvgIpc) is 3.04. The molecule has 7 nitrogen and oxygen atoms in total. The number of nitrogens with zero attached hydrogens (tertiary/aromatic N) is 7. The molecule has 0 aromatic carbocycles. The first-order valence-corrected chi connectivity index (χ1v) is 7.05. The van der Waals surface area contributed by atoms with Gasteiger partial charge in [0.1, 0.15) is 11.6 Å². The largest absolute Gasteiger partial charge is 0.354 e. The van der Waals surface area contributed by atoms with Gasteiger partial charge in [-0.1, -0.05) is 5.21 Å². The van der Waals surface area contributed by atoms with E-state index in [-0.39, 0.29) is 0 Å². The number of anilines is 1. The zero-order chi connectivity index (χ0) is 14.8. The summed E-state index contributed by atoms with van der Waals surface area (Å²) in [6, 6.07) is 2.64. The topological polar surface area (TPSA) is 83.5 Å². The number of hydrogen-bond donors (Lipinski definition) is 0. The van der Waals surface area contributed by atoms with Crippen LogP contribution in [0.5, 0.6) is 0 Å². The van der Waals surface area contributed by atoms with Crippen LogP contribution in [0.2, 0.25) is 0 Å². The fourth-order valence-electron chi connectivity index (χ4n) is 2.71. The molecule has 0 unspecified atom stereocenters. The van der Waals surface area contributed by atoms with Crippen LogP contribution >= 0.6 is 0 Å². The quantitative estimate of drug-likeness (QED) is 0.828. The third kappa shape index (κ3) is 2.44. The number of piperidine rings is 1. The molecule has 1 aliphatic rings. The SMILES string of the molecule is Cc1nnc(N2CCC(n3ccnn3)CC2)c(C#N)c1C. The molecular weight excluding hydrogens is 266 g/mol. The summed E-state index contributed by atoms with van der Waals surface area (Å²) in [5.41, 5.74) is 2.37. The maximum atomic E-state index is 9.39. The van der Waals surface area contributed by atoms with Gasteiger partial charge in [-0.2, -0.15) is 10.4 Å². The van der Waals surface area contributed by atoms with Crippen molar-refractivity contribution in [3.63, 3.8) is 0 Å². The lowest BCUT2D eigenvalue weighted by Crippen LogP contribution is -2.36. The predicted molar refractivity (Wildman–Crippen MR) is 76.7 cm³/mol. The molecule has 0 aliphatic carbocycles. The van der Waals surface area contributed by atoms with Crippen molar-refractivity contribution in [2.75, 3.05) is 18.0 Å². The van der Waals surface area contributed by atoms with Gasteiger partial charge in [-0.3, -0.25) is 0 Å². The van der Waals surface area contributed by atoms with Crippen molar-refractivity contribution in [2.45, 2.75) is 32.7 Å². The Labute approximate surface area is 123 Å². The fourth-order valence-corrected chi connectivity index (χ4v) is 2.71. The van der Waals surface area contributed by atoms with Gasteiger partial charge in [-0.25, -0.2) is 4.68 Å². The fraction of sp³-hybridized carbons (Fsp3) is 0.500. The van der Waals surface area contributed by atoms with Gasteiger partial charge in [0.25, 0.3) is 0 Å². The maximum absolute atomic E-state index is 9.39. The highest BCUT2D eigenvalue weighted by molar-refractivity contribution is 5.57. The van der Waals surface area contributed by atoms with Crippen LogP contribution in [0.25, 0.3) is 0 Å². The molecule has 0 amide bonds. The Kier molecular flexibility index (Phi) is 3.52. The van der Waals surface area contributed by atoms with Crippen LogP contribution in [0, 0.1) is 25.2 Å². The molecule has 21 heavy (non-hydrogen) atoms. The molecule has 3 rings (SSSR count). The second-order valence-electron chi connectivity index (χ2n) is 5.32. The summed E-state index contributed by atoms with van der Waals surface area (Å²) >= 11 is 0. The summed E-state index contributed by atoms with van der Waals surface area (Å²) in [7, 11) is 0. The highest BCUT2D eigenvalue weighted by Gasteiger charge is 2.24. The van der Waals surface area contributed by atoms with Gasteiger partial charge in [0.05, 0.1) is 17.9 Å². The second kappa shape index (κ2) is 5.48. The van der Waals surface area contributed by atoms with Crippen LogP contribution in [0.3, 0.4) is 0 Å². The van der Waals surface area contributed by atoms with E-state index in [4.69, 9.17) is 0 Å². The first-order chi connectivity index (χ1) is 10.2. The Morgan fingerprint density at radius 1 is 1.24 bits per heavy atom. The normalized spacial score (nSPS) is 16.0. The minimum absolute atomic E-state index is 0.369. The summed E-state index contributed by atoms with van der Waals surface area (Å²) in [5.74, 6) is 0.706. The summed E-state index contributed by atoms with van der Waals surface area (Å²) in [5, 5.41) is 25.7. The van der Waals surface area contributed by atoms with Gasteiger partial charge < -0.3 is 4.90 Å². The standard InChI is InChI=1S/C14H17N7/c1-10-11(2)17-18-14(13(10)9-15)20-6-3-12(4-7-20)21-8-5-16-19-21/h5,8,12H,3-4,6-7H2,1-2H3. The van der Waals surface area contributed by atoms with E-state index in [0.29, 0.717) is 17.4 Å². The zero-order valence-electron chi connectivity index (χ0n) is 12.2. The maximum Gasteiger partial charge on any atom is 0.169 e. The minimum Gasteiger partial charge on any atom is -0.354 e. The van der Waals surface area contributed by atoms with Crippen LogP contribution in [-0.4, -0.2) is 38.3 Å². The molecule has 1 fully saturated rings. The van der Waals surface area contributed by atoms with E-state index < -0.39 is 0 Å². The second-order valence-corrected chi connectivity index (χ2v) is 5.32. The minimum atomic E-state index is 0.369. The lowest BCUT2D eigenvalue weighted by molar-refractivity contribution is 0.359. The molecule has 7 heteroatoms. The van der Waals surface area contributed by atoms with Crippen LogP contribution in [0.4, 0.5) is 5.82 Å². The van der Waals surface area contributed by atoms with Crippen LogP contribution < -0.4 is 4.90 Å². The van der Waals surface area contributed by atoms with E-state index in [1.54, 1.807) is 6.20 Å². The van der Waals surface area contributed by atoms with Gasteiger partial charge in [-0.05, 0) is 32.3 Å². The van der Waals surface area contributed by atoms with E-state index in [1.165, 1.54) is 0 Å². The predicted octanol–water partition coefficient (Wildman–Crippen LogP) is 1.40. The van der Waals surface area contributed by atoms with Crippen LogP contribution in [0.15, 0.2) is 12.4 Å². The van der Waals surface area contributed by atoms with Gasteiger partial charge in [0.15, 0.2) is 5.82 Å². The first kappa shape index (κ1) is 13.5. The summed E-state index contributed by atoms with van der Waals surface area (Å²) in [6.07, 6.45) is 5.53. The van der Waals surface area contributed by atoms with Crippen molar-refractivity contribution in [3.05, 3.63) is 29.2 Å². The van der Waals surface area contributed by atoms with Crippen molar-refractivity contribution >= 4 is 5.82 Å². The molecular formula is C14H17N7. The van der Waals surface area contributed by atoms with Gasteiger partial charge >= 0.3 is 0 Å². The van der Waals surface area contributed by atoms with Gasteiger partial charge in [0, 0.05) is 19.3 Å². The van der Waals surface area contributed by atoms with Crippen molar-refractivity contribution in [1.29, 1.82) is 5.26 Å². The summed E-state index contributed by atoms with van der Waals surface area (Å²) in [4.78, 5) is 2.14. The average molecular weight is 283 g/mol. The molecule has 1 aliphatic heterocycles. The summed E-state index contributed by atoms with van der Waals surface area (Å²) < 4.78 is 1.91. The van der Waals surface area contributed by atoms with Crippen molar-refractivity contribution in [1.82, 2.24) is 25.2 Å². The molecule has 0 saturated carbocycles. The lowest BCUT2D eigenvalue weighted by atomic mass is 10.0. The Bertz CT molecular complexity index is 663. The molecule has 108 valence electrons. The molecule has 0 N–H and O–H groups in total. The third-order valence-corrected chi connectivity index (χ3v) is 4.13. The molecule has 1 saturated heterocycles. The van der Waals surface area contributed by atoms with E-state index in [9.17, 15) is 5.26 Å². The molecule has 0 bridgehead atoms. The lowest BCUT2D eigenvalue weighted by Gasteiger charge is -2.33. The zero-order valence-corrected chi connectivity index (χ0v) is 12.2. The number of aromatic nitrogens is 5. The van der Waals surface area contributed by atoms with E-state index in [0.717, 1.165) is 37.2 Å². The molecule has 2 aromatic rings. The van der Waals surface area contributed by atoms with Gasteiger partial charge in [0.2, 0.25) is 0 Å². The molecule has 0 radical (unpaired) electrons. The monoisotopic (exact) mass is 283 g/mol. The van der Waals surface area contributed by atoms with Crippen LogP contribution in [-0.2, 0) is 0 Å². The Morgan fingerprint density at radius 2 is 2.00 bits per heavy atom.